The van der Waals surface area contributed by atoms with Crippen LogP contribution in [0.5, 0.6) is 5.75 Å². The molecule has 5 rings (SSSR count). The predicted octanol–water partition coefficient (Wildman–Crippen LogP) is 3.99. The molecule has 0 radical (unpaired) electrons. The van der Waals surface area contributed by atoms with E-state index < -0.39 is 112 Å². The molecule has 2 saturated carbocycles. The first kappa shape index (κ1) is 47.0. The van der Waals surface area contributed by atoms with E-state index in [4.69, 9.17) is 33.2 Å². The number of hydrogen-bond donors (Lipinski definition) is 4. The lowest BCUT2D eigenvalue weighted by Gasteiger charge is -2.67. The van der Waals surface area contributed by atoms with E-state index in [1.165, 1.54) is 33.1 Å². The van der Waals surface area contributed by atoms with Crippen LogP contribution in [0, 0.1) is 22.7 Å². The van der Waals surface area contributed by atoms with Gasteiger partial charge in [0, 0.05) is 31.8 Å². The molecule has 1 aliphatic heterocycles. The second-order valence-electron chi connectivity index (χ2n) is 18.7. The first-order chi connectivity index (χ1) is 27.8. The maximum absolute atomic E-state index is 15.5. The molecule has 11 atom stereocenters. The summed E-state index contributed by atoms with van der Waals surface area (Å²) in [6.07, 6.45) is -10.2. The number of Topliss-reactive ketones (excluding diaryl/α,β-unsaturated/α-hetero) is 1. The Hall–Kier alpha value is -4.09. The lowest BCUT2D eigenvalue weighted by atomic mass is 9.44. The van der Waals surface area contributed by atoms with Crippen molar-refractivity contribution in [2.75, 3.05) is 20.3 Å². The third-order valence-corrected chi connectivity index (χ3v) is 12.8. The first-order valence-electron chi connectivity index (χ1n) is 20.6. The van der Waals surface area contributed by atoms with Gasteiger partial charge in [-0.3, -0.25) is 9.59 Å². The first-order valence-corrected chi connectivity index (χ1v) is 20.6. The minimum absolute atomic E-state index is 0.00397. The number of aliphatic hydroxyl groups is 3. The quantitative estimate of drug-likeness (QED) is 0.133. The lowest BCUT2D eigenvalue weighted by Crippen LogP contribution is -2.82. The van der Waals surface area contributed by atoms with Crippen molar-refractivity contribution < 1.29 is 72.5 Å². The van der Waals surface area contributed by atoms with Crippen LogP contribution in [0.3, 0.4) is 0 Å². The second-order valence-corrected chi connectivity index (χ2v) is 18.7. The maximum atomic E-state index is 15.5. The van der Waals surface area contributed by atoms with Gasteiger partial charge in [0.2, 0.25) is 0 Å². The number of nitrogens with one attached hydrogen (secondary N) is 1. The molecule has 1 saturated heterocycles. The van der Waals surface area contributed by atoms with E-state index in [-0.39, 0.29) is 43.1 Å². The molecule has 60 heavy (non-hydrogen) atoms. The average Bonchev–Trinajstić information content (AvgIpc) is 3.14. The number of hydrogen-bond acceptors (Lipinski definition) is 15. The highest BCUT2D eigenvalue weighted by Gasteiger charge is 2.78. The summed E-state index contributed by atoms with van der Waals surface area (Å²) in [5.41, 5.74) is -7.71. The fourth-order valence-electron chi connectivity index (χ4n) is 9.85. The average molecular weight is 846 g/mol. The Balaban J connectivity index is 1.71. The molecule has 16 nitrogen and oxygen atoms in total. The van der Waals surface area contributed by atoms with Crippen LogP contribution in [0.15, 0.2) is 35.4 Å². The van der Waals surface area contributed by atoms with E-state index in [1.54, 1.807) is 60.6 Å². The zero-order valence-corrected chi connectivity index (χ0v) is 36.8. The zero-order valence-electron chi connectivity index (χ0n) is 36.8. The fraction of sp³-hybridized carbons (Fsp3) is 0.705. The molecule has 334 valence electrons. The Morgan fingerprint density at radius 2 is 1.75 bits per heavy atom. The number of ether oxygens (including phenoxy) is 7. The number of methoxy groups -OCH3 is 1. The van der Waals surface area contributed by atoms with Gasteiger partial charge in [-0.2, -0.15) is 0 Å². The van der Waals surface area contributed by atoms with Crippen LogP contribution in [-0.4, -0.2) is 125 Å². The van der Waals surface area contributed by atoms with Crippen molar-refractivity contribution in [3.8, 4) is 5.75 Å². The summed E-state index contributed by atoms with van der Waals surface area (Å²) in [7, 11) is 1.43. The molecule has 3 fully saturated rings. The topological polar surface area (TPSA) is 223 Å². The molecule has 0 spiro atoms. The van der Waals surface area contributed by atoms with E-state index in [0.29, 0.717) is 11.3 Å². The number of carbonyl (C=O) groups is 5. The number of fused-ring (bicyclic) bond motifs is 5. The van der Waals surface area contributed by atoms with Crippen LogP contribution in [-0.2, 0) is 42.8 Å². The van der Waals surface area contributed by atoms with Gasteiger partial charge in [-0.25, -0.2) is 14.4 Å². The summed E-state index contributed by atoms with van der Waals surface area (Å²) in [4.78, 5) is 69.8. The molecule has 0 aromatic heterocycles. The molecule has 4 N–H and O–H groups in total. The molecule has 1 aromatic carbocycles. The summed E-state index contributed by atoms with van der Waals surface area (Å²) in [6, 6.07) is 4.96. The molecule has 1 aromatic rings. The summed E-state index contributed by atoms with van der Waals surface area (Å²) >= 11 is 0. The summed E-state index contributed by atoms with van der Waals surface area (Å²) < 4.78 is 41.5. The van der Waals surface area contributed by atoms with Crippen LogP contribution >= 0.6 is 0 Å². The van der Waals surface area contributed by atoms with Crippen molar-refractivity contribution in [1.82, 2.24) is 5.32 Å². The standard InChI is InChI=1S/C44H63NO15/c1-13-55-33-31-23(4)28(57-38(51)32(48)27(17-22(2)3)45-39(52)60-40(6,7)8)20-44(53,41(31,9)10)36(58-37(50)25-15-14-16-26(18-25)54-12)34-42(11,35(33)49)29(47)19-30-43(34,21-56-30)59-24(5)46/h14-16,18,22,27-30,32-34,36,47-48,53H,13,17,19-21H2,1-12H3,(H,45,52)/t27-,28-,29-,30+,32+,33+,34-,36-,42+,43-,44+/m0/s1. The van der Waals surface area contributed by atoms with Gasteiger partial charge in [-0.1, -0.05) is 33.8 Å². The van der Waals surface area contributed by atoms with Crippen molar-refractivity contribution in [1.29, 1.82) is 0 Å². The molecule has 0 unspecified atom stereocenters. The highest BCUT2D eigenvalue weighted by atomic mass is 16.6. The van der Waals surface area contributed by atoms with Gasteiger partial charge in [-0.05, 0) is 83.2 Å². The molecule has 4 aliphatic rings. The highest BCUT2D eigenvalue weighted by Crippen LogP contribution is 2.64. The normalized spacial score (nSPS) is 33.1. The van der Waals surface area contributed by atoms with Crippen LogP contribution in [0.25, 0.3) is 0 Å². The van der Waals surface area contributed by atoms with E-state index in [0.717, 1.165) is 0 Å². The predicted molar refractivity (Wildman–Crippen MR) is 214 cm³/mol. The monoisotopic (exact) mass is 845 g/mol. The Bertz CT molecular complexity index is 1870. The Morgan fingerprint density at radius 1 is 1.08 bits per heavy atom. The molecular weight excluding hydrogens is 782 g/mol. The van der Waals surface area contributed by atoms with Crippen LogP contribution in [0.1, 0.15) is 106 Å². The van der Waals surface area contributed by atoms with Crippen molar-refractivity contribution >= 4 is 29.8 Å². The highest BCUT2D eigenvalue weighted by molar-refractivity contribution is 5.94. The Kier molecular flexibility index (Phi) is 13.3. The van der Waals surface area contributed by atoms with Crippen LogP contribution < -0.4 is 10.1 Å². The Labute approximate surface area is 351 Å². The zero-order chi connectivity index (χ0) is 44.9. The van der Waals surface area contributed by atoms with Gasteiger partial charge in [-0.15, -0.1) is 0 Å². The van der Waals surface area contributed by atoms with E-state index >= 15 is 4.79 Å². The number of carbonyl (C=O) groups excluding carboxylic acids is 5. The van der Waals surface area contributed by atoms with Crippen LogP contribution in [0.4, 0.5) is 4.79 Å². The summed E-state index contributed by atoms with van der Waals surface area (Å²) in [5.74, 6) is -4.68. The van der Waals surface area contributed by atoms with Gasteiger partial charge in [0.25, 0.3) is 0 Å². The largest absolute Gasteiger partial charge is 0.497 e. The van der Waals surface area contributed by atoms with Crippen molar-refractivity contribution in [2.24, 2.45) is 22.7 Å². The maximum Gasteiger partial charge on any atom is 0.407 e. The minimum atomic E-state index is -2.29. The lowest BCUT2D eigenvalue weighted by molar-refractivity contribution is -0.346. The minimum Gasteiger partial charge on any atom is -0.497 e. The number of benzene rings is 1. The van der Waals surface area contributed by atoms with Gasteiger partial charge in [0.1, 0.15) is 41.4 Å². The number of amides is 1. The van der Waals surface area contributed by atoms with E-state index in [2.05, 4.69) is 5.32 Å². The molecule has 1 amide bonds. The van der Waals surface area contributed by atoms with Crippen molar-refractivity contribution in [3.63, 3.8) is 0 Å². The van der Waals surface area contributed by atoms with E-state index in [1.807, 2.05) is 13.8 Å². The molecule has 1 heterocycles. The number of ketones is 1. The molecule has 2 bridgehead atoms. The molecule has 3 aliphatic carbocycles. The van der Waals surface area contributed by atoms with Gasteiger partial charge in [0.15, 0.2) is 17.5 Å². The SMILES string of the molecule is CCO[C@H]1C(=O)[C@@]2(C)[C@H]([C@H](OC(=O)c3cccc(OC)c3)[C@]3(O)C[C@H](OC(=O)[C@H](O)[C@H](CC(C)C)NC(=O)OC(C)(C)C)C(C)=C1C3(C)C)[C@]1(OC(C)=O)CO[C@@H]1C[C@@H]2O. The third kappa shape index (κ3) is 8.29. The number of rotatable bonds is 12. The summed E-state index contributed by atoms with van der Waals surface area (Å²) in [6.45, 7) is 17.7. The molecule has 16 heteroatoms. The Morgan fingerprint density at radius 3 is 2.30 bits per heavy atom. The number of esters is 3. The van der Waals surface area contributed by atoms with Gasteiger partial charge >= 0.3 is 24.0 Å². The van der Waals surface area contributed by atoms with E-state index in [9.17, 15) is 34.5 Å². The van der Waals surface area contributed by atoms with Gasteiger partial charge < -0.3 is 53.8 Å². The third-order valence-electron chi connectivity index (χ3n) is 12.8. The number of alkyl carbamates (subject to hydrolysis) is 1. The van der Waals surface area contributed by atoms with Gasteiger partial charge in [0.05, 0.1) is 42.8 Å². The smallest absolute Gasteiger partial charge is 0.407 e. The summed E-state index contributed by atoms with van der Waals surface area (Å²) in [5, 5.41) is 39.9. The second kappa shape index (κ2) is 17.0. The van der Waals surface area contributed by atoms with Crippen LogP contribution in [0.2, 0.25) is 0 Å². The fourth-order valence-corrected chi connectivity index (χ4v) is 9.85. The number of aliphatic hydroxyl groups excluding tert-OH is 2. The van der Waals surface area contributed by atoms with Crippen molar-refractivity contribution in [2.45, 2.75) is 155 Å². The molecular formula is C44H63NO15. The van der Waals surface area contributed by atoms with Crippen molar-refractivity contribution in [3.05, 3.63) is 41.0 Å².